The van der Waals surface area contributed by atoms with E-state index in [2.05, 4.69) is 10.3 Å². The second kappa shape index (κ2) is 5.30. The van der Waals surface area contributed by atoms with Crippen LogP contribution in [0.5, 0.6) is 0 Å². The van der Waals surface area contributed by atoms with Gasteiger partial charge in [-0.1, -0.05) is 29.8 Å². The SMILES string of the molecule is NCc1csc(NCc2ccccc2Cl)n1. The van der Waals surface area contributed by atoms with Gasteiger partial charge in [0.1, 0.15) is 0 Å². The molecule has 1 heterocycles. The Hall–Kier alpha value is -1.10. The molecule has 0 amide bonds. The summed E-state index contributed by atoms with van der Waals surface area (Å²) in [5.41, 5.74) is 7.46. The van der Waals surface area contributed by atoms with Crippen LogP contribution >= 0.6 is 22.9 Å². The molecule has 0 aliphatic heterocycles. The van der Waals surface area contributed by atoms with Gasteiger partial charge in [0.05, 0.1) is 5.69 Å². The van der Waals surface area contributed by atoms with Crippen molar-refractivity contribution in [3.63, 3.8) is 0 Å². The number of rotatable bonds is 4. The first-order chi connectivity index (χ1) is 7.79. The van der Waals surface area contributed by atoms with Gasteiger partial charge in [0.2, 0.25) is 0 Å². The van der Waals surface area contributed by atoms with Gasteiger partial charge in [0.15, 0.2) is 5.13 Å². The van der Waals surface area contributed by atoms with Crippen molar-refractivity contribution in [3.8, 4) is 0 Å². The van der Waals surface area contributed by atoms with Crippen LogP contribution in [0.15, 0.2) is 29.6 Å². The number of anilines is 1. The maximum absolute atomic E-state index is 6.05. The summed E-state index contributed by atoms with van der Waals surface area (Å²) in [6.45, 7) is 1.15. The molecule has 0 fully saturated rings. The molecular weight excluding hydrogens is 242 g/mol. The Labute approximate surface area is 103 Å². The highest BCUT2D eigenvalue weighted by Crippen LogP contribution is 2.19. The summed E-state index contributed by atoms with van der Waals surface area (Å²) >= 11 is 7.60. The van der Waals surface area contributed by atoms with Crippen molar-refractivity contribution in [3.05, 3.63) is 45.9 Å². The summed E-state index contributed by atoms with van der Waals surface area (Å²) < 4.78 is 0. The van der Waals surface area contributed by atoms with Gasteiger partial charge in [-0.15, -0.1) is 11.3 Å². The van der Waals surface area contributed by atoms with Crippen LogP contribution in [-0.2, 0) is 13.1 Å². The Morgan fingerprint density at radius 3 is 2.88 bits per heavy atom. The van der Waals surface area contributed by atoms with E-state index >= 15 is 0 Å². The van der Waals surface area contributed by atoms with Crippen LogP contribution in [0.3, 0.4) is 0 Å². The molecule has 1 aromatic heterocycles. The average Bonchev–Trinajstić information content (AvgIpc) is 2.76. The minimum absolute atomic E-state index is 0.476. The molecule has 0 spiro atoms. The second-order valence-corrected chi connectivity index (χ2v) is 4.56. The van der Waals surface area contributed by atoms with Crippen molar-refractivity contribution < 1.29 is 0 Å². The van der Waals surface area contributed by atoms with E-state index in [4.69, 9.17) is 17.3 Å². The molecule has 0 radical (unpaired) electrons. The molecule has 0 saturated carbocycles. The largest absolute Gasteiger partial charge is 0.357 e. The maximum Gasteiger partial charge on any atom is 0.183 e. The quantitative estimate of drug-likeness (QED) is 0.881. The molecule has 2 rings (SSSR count). The predicted molar refractivity (Wildman–Crippen MR) is 68.8 cm³/mol. The molecule has 3 N–H and O–H groups in total. The zero-order chi connectivity index (χ0) is 11.4. The van der Waals surface area contributed by atoms with Crippen LogP contribution in [0.4, 0.5) is 5.13 Å². The van der Waals surface area contributed by atoms with Crippen LogP contribution in [0.2, 0.25) is 5.02 Å². The Bertz CT molecular complexity index is 470. The molecule has 0 aliphatic carbocycles. The summed E-state index contributed by atoms with van der Waals surface area (Å²) in [4.78, 5) is 4.31. The van der Waals surface area contributed by atoms with Crippen LogP contribution in [0.1, 0.15) is 11.3 Å². The van der Waals surface area contributed by atoms with E-state index in [0.29, 0.717) is 13.1 Å². The van der Waals surface area contributed by atoms with Crippen molar-refractivity contribution in [2.75, 3.05) is 5.32 Å². The third kappa shape index (κ3) is 2.72. The van der Waals surface area contributed by atoms with Crippen LogP contribution in [0, 0.1) is 0 Å². The number of halogens is 1. The fourth-order valence-electron chi connectivity index (χ4n) is 1.29. The summed E-state index contributed by atoms with van der Waals surface area (Å²) in [5.74, 6) is 0. The molecule has 2 aromatic rings. The van der Waals surface area contributed by atoms with Gasteiger partial charge in [-0.05, 0) is 11.6 Å². The van der Waals surface area contributed by atoms with Crippen molar-refractivity contribution in [1.29, 1.82) is 0 Å². The van der Waals surface area contributed by atoms with Gasteiger partial charge in [0, 0.05) is 23.5 Å². The fraction of sp³-hybridized carbons (Fsp3) is 0.182. The first kappa shape index (κ1) is 11.4. The van der Waals surface area contributed by atoms with E-state index in [9.17, 15) is 0 Å². The molecule has 5 heteroatoms. The van der Waals surface area contributed by atoms with Gasteiger partial charge in [-0.25, -0.2) is 4.98 Å². The highest BCUT2D eigenvalue weighted by atomic mass is 35.5. The van der Waals surface area contributed by atoms with Crippen molar-refractivity contribution in [2.45, 2.75) is 13.1 Å². The van der Waals surface area contributed by atoms with E-state index in [1.54, 1.807) is 11.3 Å². The van der Waals surface area contributed by atoms with Gasteiger partial charge < -0.3 is 11.1 Å². The molecule has 0 aliphatic rings. The molecule has 0 atom stereocenters. The Balaban J connectivity index is 1.99. The minimum atomic E-state index is 0.476. The molecule has 0 unspecified atom stereocenters. The summed E-state index contributed by atoms with van der Waals surface area (Å²) in [5, 5.41) is 6.82. The summed E-state index contributed by atoms with van der Waals surface area (Å²) in [6.07, 6.45) is 0. The van der Waals surface area contributed by atoms with Crippen molar-refractivity contribution in [1.82, 2.24) is 4.98 Å². The van der Waals surface area contributed by atoms with Crippen LogP contribution in [0.25, 0.3) is 0 Å². The molecule has 0 saturated heterocycles. The maximum atomic E-state index is 6.05. The summed E-state index contributed by atoms with van der Waals surface area (Å²) in [7, 11) is 0. The molecule has 3 nitrogen and oxygen atoms in total. The standard InChI is InChI=1S/C11H12ClN3S/c12-10-4-2-1-3-8(10)6-14-11-15-9(5-13)7-16-11/h1-4,7H,5-6,13H2,(H,14,15). The number of hydrogen-bond acceptors (Lipinski definition) is 4. The highest BCUT2D eigenvalue weighted by Gasteiger charge is 2.02. The van der Waals surface area contributed by atoms with Crippen LogP contribution in [-0.4, -0.2) is 4.98 Å². The lowest BCUT2D eigenvalue weighted by atomic mass is 10.2. The van der Waals surface area contributed by atoms with E-state index < -0.39 is 0 Å². The second-order valence-electron chi connectivity index (χ2n) is 3.29. The number of nitrogens with one attached hydrogen (secondary N) is 1. The van der Waals surface area contributed by atoms with Gasteiger partial charge in [-0.3, -0.25) is 0 Å². The fourth-order valence-corrected chi connectivity index (χ4v) is 2.22. The Morgan fingerprint density at radius 2 is 2.19 bits per heavy atom. The third-order valence-corrected chi connectivity index (χ3v) is 3.37. The molecule has 0 bridgehead atoms. The lowest BCUT2D eigenvalue weighted by molar-refractivity contribution is 1.00. The highest BCUT2D eigenvalue weighted by molar-refractivity contribution is 7.13. The van der Waals surface area contributed by atoms with Crippen molar-refractivity contribution >= 4 is 28.1 Å². The normalized spacial score (nSPS) is 10.4. The average molecular weight is 254 g/mol. The van der Waals surface area contributed by atoms with E-state index in [0.717, 1.165) is 21.4 Å². The lowest BCUT2D eigenvalue weighted by Crippen LogP contribution is -2.01. The number of benzene rings is 1. The van der Waals surface area contributed by atoms with E-state index in [1.165, 1.54) is 0 Å². The number of nitrogens with zero attached hydrogens (tertiary/aromatic N) is 1. The first-order valence-corrected chi connectivity index (χ1v) is 6.17. The van der Waals surface area contributed by atoms with Gasteiger partial charge >= 0.3 is 0 Å². The van der Waals surface area contributed by atoms with E-state index in [1.807, 2.05) is 29.6 Å². The number of aromatic nitrogens is 1. The predicted octanol–water partition coefficient (Wildman–Crippen LogP) is 2.87. The van der Waals surface area contributed by atoms with Gasteiger partial charge in [0.25, 0.3) is 0 Å². The van der Waals surface area contributed by atoms with E-state index in [-0.39, 0.29) is 0 Å². The monoisotopic (exact) mass is 253 g/mol. The summed E-state index contributed by atoms with van der Waals surface area (Å²) in [6, 6.07) is 7.76. The smallest absolute Gasteiger partial charge is 0.183 e. The Kier molecular flexibility index (Phi) is 3.77. The first-order valence-electron chi connectivity index (χ1n) is 4.91. The molecule has 16 heavy (non-hydrogen) atoms. The zero-order valence-electron chi connectivity index (χ0n) is 8.61. The number of thiazole rings is 1. The zero-order valence-corrected chi connectivity index (χ0v) is 10.2. The molecular formula is C11H12ClN3S. The topological polar surface area (TPSA) is 50.9 Å². The molecule has 1 aromatic carbocycles. The number of nitrogens with two attached hydrogens (primary N) is 1. The van der Waals surface area contributed by atoms with Crippen molar-refractivity contribution in [2.24, 2.45) is 5.73 Å². The van der Waals surface area contributed by atoms with Crippen LogP contribution < -0.4 is 11.1 Å². The lowest BCUT2D eigenvalue weighted by Gasteiger charge is -2.04. The minimum Gasteiger partial charge on any atom is -0.357 e. The van der Waals surface area contributed by atoms with Gasteiger partial charge in [-0.2, -0.15) is 0 Å². The Morgan fingerprint density at radius 1 is 1.38 bits per heavy atom. The number of hydrogen-bond donors (Lipinski definition) is 2. The molecule has 84 valence electrons. The third-order valence-electron chi connectivity index (χ3n) is 2.15.